The number of nitrogens with one attached hydrogen (secondary N) is 1. The average molecular weight is 370 g/mol. The smallest absolute Gasteiger partial charge is 0.272 e. The molecule has 0 fully saturated rings. The zero-order chi connectivity index (χ0) is 17.5. The van der Waals surface area contributed by atoms with Gasteiger partial charge in [0.1, 0.15) is 4.70 Å². The number of hydrogen-bond donors (Lipinski definition) is 1. The van der Waals surface area contributed by atoms with Crippen molar-refractivity contribution in [3.63, 3.8) is 0 Å². The Morgan fingerprint density at radius 3 is 3.00 bits per heavy atom. The van der Waals surface area contributed by atoms with Crippen LogP contribution >= 0.6 is 23.1 Å². The minimum atomic E-state index is -0.0631. The first-order valence-electron chi connectivity index (χ1n) is 7.89. The fourth-order valence-electron chi connectivity index (χ4n) is 2.19. The van der Waals surface area contributed by atoms with Crippen LogP contribution < -0.4 is 10.9 Å². The van der Waals surface area contributed by atoms with Crippen LogP contribution in [0, 0.1) is 5.92 Å². The second-order valence-electron chi connectivity index (χ2n) is 5.82. The van der Waals surface area contributed by atoms with E-state index >= 15 is 0 Å². The summed E-state index contributed by atoms with van der Waals surface area (Å²) < 4.78 is 7.31. The Balaban J connectivity index is 2.09. The standard InChI is InChI=1S/C16H23N3O3S2/c1-11(2)9-19-15(21)14-12(5-8-23-14)18-16(19)24-10-13(20)17-6-4-7-22-3/h5,8,11H,4,6-7,9-10H2,1-3H3,(H,17,20). The largest absolute Gasteiger partial charge is 0.385 e. The Morgan fingerprint density at radius 2 is 2.29 bits per heavy atom. The van der Waals surface area contributed by atoms with E-state index in [4.69, 9.17) is 4.74 Å². The van der Waals surface area contributed by atoms with Crippen LogP contribution in [0.15, 0.2) is 21.4 Å². The zero-order valence-electron chi connectivity index (χ0n) is 14.2. The summed E-state index contributed by atoms with van der Waals surface area (Å²) in [5.74, 6) is 0.503. The first kappa shape index (κ1) is 19.0. The Labute approximate surface area is 149 Å². The van der Waals surface area contributed by atoms with Crippen molar-refractivity contribution < 1.29 is 9.53 Å². The van der Waals surface area contributed by atoms with Gasteiger partial charge in [-0.15, -0.1) is 11.3 Å². The average Bonchev–Trinajstić information content (AvgIpc) is 3.01. The number of rotatable bonds is 9. The normalized spacial score (nSPS) is 11.3. The van der Waals surface area contributed by atoms with E-state index in [1.807, 2.05) is 11.4 Å². The van der Waals surface area contributed by atoms with Crippen LogP contribution in [-0.4, -0.2) is 41.5 Å². The van der Waals surface area contributed by atoms with E-state index in [0.717, 1.165) is 6.42 Å². The highest BCUT2D eigenvalue weighted by Gasteiger charge is 2.14. The monoisotopic (exact) mass is 369 g/mol. The lowest BCUT2D eigenvalue weighted by Gasteiger charge is -2.13. The topological polar surface area (TPSA) is 73.2 Å². The summed E-state index contributed by atoms with van der Waals surface area (Å²) in [6.45, 7) is 5.92. The molecular weight excluding hydrogens is 346 g/mol. The molecule has 0 aromatic carbocycles. The van der Waals surface area contributed by atoms with Gasteiger partial charge < -0.3 is 10.1 Å². The van der Waals surface area contributed by atoms with Crippen LogP contribution in [0.4, 0.5) is 0 Å². The molecule has 0 unspecified atom stereocenters. The maximum atomic E-state index is 12.6. The lowest BCUT2D eigenvalue weighted by Crippen LogP contribution is -2.28. The van der Waals surface area contributed by atoms with Crippen molar-refractivity contribution in [3.05, 3.63) is 21.8 Å². The Morgan fingerprint density at radius 1 is 1.50 bits per heavy atom. The molecule has 0 saturated heterocycles. The predicted molar refractivity (Wildman–Crippen MR) is 98.9 cm³/mol. The van der Waals surface area contributed by atoms with Crippen molar-refractivity contribution in [2.24, 2.45) is 5.92 Å². The molecule has 1 amide bonds. The number of thiophene rings is 1. The maximum Gasteiger partial charge on any atom is 0.272 e. The molecule has 6 nitrogen and oxygen atoms in total. The molecule has 0 atom stereocenters. The number of ether oxygens (including phenoxy) is 1. The molecule has 2 aromatic heterocycles. The summed E-state index contributed by atoms with van der Waals surface area (Å²) in [4.78, 5) is 29.1. The van der Waals surface area contributed by atoms with Crippen molar-refractivity contribution in [3.8, 4) is 0 Å². The molecule has 0 bridgehead atoms. The van der Waals surface area contributed by atoms with Gasteiger partial charge in [0.05, 0.1) is 11.3 Å². The van der Waals surface area contributed by atoms with Gasteiger partial charge >= 0.3 is 0 Å². The zero-order valence-corrected chi connectivity index (χ0v) is 15.8. The minimum Gasteiger partial charge on any atom is -0.385 e. The number of hydrogen-bond acceptors (Lipinski definition) is 6. The molecule has 0 radical (unpaired) electrons. The lowest BCUT2D eigenvalue weighted by atomic mass is 10.2. The molecule has 0 aliphatic carbocycles. The second-order valence-corrected chi connectivity index (χ2v) is 7.68. The minimum absolute atomic E-state index is 0.0216. The van der Waals surface area contributed by atoms with Crippen LogP contribution in [0.25, 0.3) is 10.2 Å². The van der Waals surface area contributed by atoms with Crippen LogP contribution in [0.5, 0.6) is 0 Å². The van der Waals surface area contributed by atoms with Crippen LogP contribution in [0.3, 0.4) is 0 Å². The molecule has 2 aromatic rings. The van der Waals surface area contributed by atoms with Crippen LogP contribution in [0.2, 0.25) is 0 Å². The number of carbonyl (C=O) groups is 1. The van der Waals surface area contributed by atoms with Gasteiger partial charge in [-0.05, 0) is 23.8 Å². The third-order valence-electron chi connectivity index (χ3n) is 3.26. The number of nitrogens with zero attached hydrogens (tertiary/aromatic N) is 2. The van der Waals surface area contributed by atoms with Crippen molar-refractivity contribution in [2.45, 2.75) is 32.0 Å². The van der Waals surface area contributed by atoms with Gasteiger partial charge in [-0.2, -0.15) is 0 Å². The summed E-state index contributed by atoms with van der Waals surface area (Å²) in [7, 11) is 1.64. The van der Waals surface area contributed by atoms with Crippen molar-refractivity contribution in [1.29, 1.82) is 0 Å². The van der Waals surface area contributed by atoms with E-state index in [9.17, 15) is 9.59 Å². The fraction of sp³-hybridized carbons (Fsp3) is 0.562. The van der Waals surface area contributed by atoms with Crippen LogP contribution in [-0.2, 0) is 16.1 Å². The van der Waals surface area contributed by atoms with Crippen molar-refractivity contribution in [1.82, 2.24) is 14.9 Å². The molecule has 132 valence electrons. The number of amides is 1. The SMILES string of the molecule is COCCCNC(=O)CSc1nc2ccsc2c(=O)n1CC(C)C. The molecule has 0 aliphatic rings. The Bertz CT molecular complexity index is 740. The van der Waals surface area contributed by atoms with Crippen molar-refractivity contribution >= 4 is 39.2 Å². The van der Waals surface area contributed by atoms with Gasteiger partial charge in [-0.3, -0.25) is 14.2 Å². The molecule has 24 heavy (non-hydrogen) atoms. The molecule has 0 aliphatic heterocycles. The van der Waals surface area contributed by atoms with E-state index in [2.05, 4.69) is 24.1 Å². The third-order valence-corrected chi connectivity index (χ3v) is 5.13. The number of thioether (sulfide) groups is 1. The van der Waals surface area contributed by atoms with Crippen molar-refractivity contribution in [2.75, 3.05) is 26.0 Å². The highest BCUT2D eigenvalue weighted by atomic mass is 32.2. The Hall–Kier alpha value is -1.38. The predicted octanol–water partition coefficient (Wildman–Crippen LogP) is 2.36. The maximum absolute atomic E-state index is 12.6. The molecule has 0 saturated carbocycles. The molecule has 2 heterocycles. The fourth-order valence-corrected chi connectivity index (χ4v) is 3.80. The second kappa shape index (κ2) is 9.19. The first-order chi connectivity index (χ1) is 11.5. The molecular formula is C16H23N3O3S2. The number of aromatic nitrogens is 2. The van der Waals surface area contributed by atoms with E-state index in [1.54, 1.807) is 11.7 Å². The summed E-state index contributed by atoms with van der Waals surface area (Å²) in [5, 5.41) is 5.32. The summed E-state index contributed by atoms with van der Waals surface area (Å²) in [6, 6.07) is 1.84. The summed E-state index contributed by atoms with van der Waals surface area (Å²) in [5.41, 5.74) is 0.680. The Kier molecular flexibility index (Phi) is 7.26. The number of methoxy groups -OCH3 is 1. The summed E-state index contributed by atoms with van der Waals surface area (Å²) in [6.07, 6.45) is 0.782. The van der Waals surface area contributed by atoms with Gasteiger partial charge in [-0.25, -0.2) is 4.98 Å². The van der Waals surface area contributed by atoms with E-state index in [0.29, 0.717) is 41.0 Å². The van der Waals surface area contributed by atoms with Gasteiger partial charge in [0.2, 0.25) is 5.91 Å². The third kappa shape index (κ3) is 5.06. The first-order valence-corrected chi connectivity index (χ1v) is 9.76. The van der Waals surface area contributed by atoms with E-state index in [1.165, 1.54) is 23.1 Å². The molecule has 0 spiro atoms. The lowest BCUT2D eigenvalue weighted by molar-refractivity contribution is -0.118. The van der Waals surface area contributed by atoms with E-state index < -0.39 is 0 Å². The quantitative estimate of drug-likeness (QED) is 0.417. The molecule has 2 rings (SSSR count). The highest BCUT2D eigenvalue weighted by Crippen LogP contribution is 2.21. The molecule has 8 heteroatoms. The van der Waals surface area contributed by atoms with E-state index in [-0.39, 0.29) is 17.2 Å². The van der Waals surface area contributed by atoms with Gasteiger partial charge in [0, 0.05) is 26.8 Å². The number of fused-ring (bicyclic) bond motifs is 1. The number of carbonyl (C=O) groups excluding carboxylic acids is 1. The molecule has 1 N–H and O–H groups in total. The van der Waals surface area contributed by atoms with Gasteiger partial charge in [-0.1, -0.05) is 25.6 Å². The van der Waals surface area contributed by atoms with Gasteiger partial charge in [0.15, 0.2) is 5.16 Å². The summed E-state index contributed by atoms with van der Waals surface area (Å²) >= 11 is 2.71. The van der Waals surface area contributed by atoms with Gasteiger partial charge in [0.25, 0.3) is 5.56 Å². The van der Waals surface area contributed by atoms with Crippen LogP contribution in [0.1, 0.15) is 20.3 Å². The highest BCUT2D eigenvalue weighted by molar-refractivity contribution is 7.99.